The molecule has 0 saturated heterocycles. The highest BCUT2D eigenvalue weighted by Crippen LogP contribution is 2.48. The number of nitrogens with two attached hydrogens (primary N) is 2. The molecule has 154 valence electrons. The maximum Gasteiger partial charge on any atom is 0.286 e. The first-order valence-corrected chi connectivity index (χ1v) is 8.44. The largest absolute Gasteiger partial charge is 0.493 e. The molecular formula is C18H17F4N5O2. The van der Waals surface area contributed by atoms with E-state index in [2.05, 4.69) is 15.0 Å². The van der Waals surface area contributed by atoms with Gasteiger partial charge in [-0.1, -0.05) is 0 Å². The summed E-state index contributed by atoms with van der Waals surface area (Å²) in [6, 6.07) is 3.08. The predicted octanol–water partition coefficient (Wildman–Crippen LogP) is 2.34. The molecule has 0 radical (unpaired) electrons. The second-order valence-electron chi connectivity index (χ2n) is 6.47. The molecule has 4 N–H and O–H groups in total. The van der Waals surface area contributed by atoms with Gasteiger partial charge < -0.3 is 16.2 Å². The van der Waals surface area contributed by atoms with Crippen LogP contribution in [0.15, 0.2) is 29.4 Å². The van der Waals surface area contributed by atoms with Crippen molar-refractivity contribution in [2.75, 3.05) is 13.8 Å². The van der Waals surface area contributed by atoms with E-state index in [1.54, 1.807) is 0 Å². The van der Waals surface area contributed by atoms with Crippen LogP contribution in [0.4, 0.5) is 17.6 Å². The van der Waals surface area contributed by atoms with E-state index in [1.807, 2.05) is 0 Å². The number of aliphatic imine (C=N–C) groups is 1. The number of hydrogen-bond acceptors (Lipinski definition) is 6. The van der Waals surface area contributed by atoms with Crippen molar-refractivity contribution >= 4 is 11.7 Å². The third kappa shape index (κ3) is 3.36. The number of methoxy groups -OCH3 is 1. The molecule has 29 heavy (non-hydrogen) atoms. The summed E-state index contributed by atoms with van der Waals surface area (Å²) in [6.07, 6.45) is 0.137. The topological polar surface area (TPSA) is 116 Å². The molecule has 1 atom stereocenters. The number of primary amides is 1. The molecule has 1 aliphatic heterocycles. The van der Waals surface area contributed by atoms with E-state index in [1.165, 1.54) is 13.2 Å². The minimum Gasteiger partial charge on any atom is -0.493 e. The molecule has 0 fully saturated rings. The highest BCUT2D eigenvalue weighted by molar-refractivity contribution is 5.89. The van der Waals surface area contributed by atoms with Gasteiger partial charge in [-0.05, 0) is 18.2 Å². The lowest BCUT2D eigenvalue weighted by Crippen LogP contribution is -2.51. The van der Waals surface area contributed by atoms with Crippen molar-refractivity contribution in [2.45, 2.75) is 24.3 Å². The van der Waals surface area contributed by atoms with Crippen molar-refractivity contribution in [1.82, 2.24) is 9.97 Å². The zero-order valence-corrected chi connectivity index (χ0v) is 15.3. The molecule has 1 aliphatic rings. The van der Waals surface area contributed by atoms with Crippen molar-refractivity contribution < 1.29 is 27.1 Å². The normalized spacial score (nSPS) is 20.8. The zero-order chi connectivity index (χ0) is 21.4. The molecule has 1 aromatic carbocycles. The van der Waals surface area contributed by atoms with Gasteiger partial charge in [0.1, 0.15) is 18.2 Å². The fraction of sp³-hybridized carbons (Fsp3) is 0.333. The van der Waals surface area contributed by atoms with Crippen molar-refractivity contribution in [3.8, 4) is 17.0 Å². The average Bonchev–Trinajstić information content (AvgIpc) is 2.69. The quantitative estimate of drug-likeness (QED) is 0.733. The maximum absolute atomic E-state index is 14.7. The summed E-state index contributed by atoms with van der Waals surface area (Å²) < 4.78 is 63.2. The molecular weight excluding hydrogens is 394 g/mol. The van der Waals surface area contributed by atoms with Crippen molar-refractivity contribution in [3.05, 3.63) is 41.6 Å². The number of amidine groups is 1. The Morgan fingerprint density at radius 2 is 2.07 bits per heavy atom. The van der Waals surface area contributed by atoms with E-state index >= 15 is 0 Å². The van der Waals surface area contributed by atoms with Crippen LogP contribution in [-0.4, -0.2) is 41.4 Å². The van der Waals surface area contributed by atoms with Crippen LogP contribution < -0.4 is 16.2 Å². The molecule has 0 unspecified atom stereocenters. The number of alkyl halides is 3. The van der Waals surface area contributed by atoms with Gasteiger partial charge in [-0.2, -0.15) is 0 Å². The van der Waals surface area contributed by atoms with Gasteiger partial charge in [-0.25, -0.2) is 27.5 Å². The number of carbonyl (C=O) groups excluding carboxylic acids is 1. The Morgan fingerprint density at radius 3 is 2.69 bits per heavy atom. The van der Waals surface area contributed by atoms with E-state index in [0.717, 1.165) is 18.3 Å². The first-order valence-electron chi connectivity index (χ1n) is 8.44. The van der Waals surface area contributed by atoms with Gasteiger partial charge in [-0.3, -0.25) is 9.79 Å². The summed E-state index contributed by atoms with van der Waals surface area (Å²) >= 11 is 0. The molecule has 11 heteroatoms. The number of halogens is 4. The number of benzene rings is 1. The maximum atomic E-state index is 14.7. The highest BCUT2D eigenvalue weighted by Gasteiger charge is 2.58. The van der Waals surface area contributed by atoms with E-state index in [-0.39, 0.29) is 35.1 Å². The Hall–Kier alpha value is -3.24. The summed E-state index contributed by atoms with van der Waals surface area (Å²) in [5.41, 5.74) is 7.31. The molecule has 0 aliphatic carbocycles. The molecule has 0 bridgehead atoms. The number of nitrogens with zero attached hydrogens (tertiary/aromatic N) is 3. The van der Waals surface area contributed by atoms with Gasteiger partial charge in [0, 0.05) is 24.0 Å². The van der Waals surface area contributed by atoms with Gasteiger partial charge in [0.2, 0.25) is 5.82 Å². The molecule has 0 spiro atoms. The third-order valence-electron chi connectivity index (χ3n) is 4.71. The number of ether oxygens (including phenoxy) is 1. The molecule has 0 saturated carbocycles. The monoisotopic (exact) mass is 411 g/mol. The lowest BCUT2D eigenvalue weighted by atomic mass is 9.79. The molecule has 2 aromatic rings. The van der Waals surface area contributed by atoms with Crippen molar-refractivity contribution in [3.63, 3.8) is 0 Å². The van der Waals surface area contributed by atoms with Crippen LogP contribution in [0.2, 0.25) is 0 Å². The minimum atomic E-state index is -3.68. The van der Waals surface area contributed by atoms with Crippen LogP contribution in [0.25, 0.3) is 11.3 Å². The summed E-state index contributed by atoms with van der Waals surface area (Å²) in [5, 5.41) is 0. The highest BCUT2D eigenvalue weighted by atomic mass is 19.3. The van der Waals surface area contributed by atoms with Gasteiger partial charge >= 0.3 is 0 Å². The van der Waals surface area contributed by atoms with Crippen LogP contribution in [0.3, 0.4) is 0 Å². The number of aromatic nitrogens is 2. The summed E-state index contributed by atoms with van der Waals surface area (Å²) in [7, 11) is 1.29. The third-order valence-corrected chi connectivity index (χ3v) is 4.71. The first-order chi connectivity index (χ1) is 13.6. The number of amides is 1. The predicted molar refractivity (Wildman–Crippen MR) is 96.0 cm³/mol. The Bertz CT molecular complexity index is 998. The van der Waals surface area contributed by atoms with Crippen molar-refractivity contribution in [1.29, 1.82) is 0 Å². The van der Waals surface area contributed by atoms with E-state index in [0.29, 0.717) is 0 Å². The average molecular weight is 411 g/mol. The number of hydrogen-bond donors (Lipinski definition) is 2. The Labute approximate surface area is 162 Å². The van der Waals surface area contributed by atoms with E-state index < -0.39 is 41.8 Å². The Balaban J connectivity index is 2.26. The van der Waals surface area contributed by atoms with Gasteiger partial charge in [-0.15, -0.1) is 0 Å². The molecule has 3 rings (SSSR count). The fourth-order valence-corrected chi connectivity index (χ4v) is 3.17. The smallest absolute Gasteiger partial charge is 0.286 e. The van der Waals surface area contributed by atoms with E-state index in [9.17, 15) is 22.4 Å². The van der Waals surface area contributed by atoms with Crippen molar-refractivity contribution in [2.24, 2.45) is 16.5 Å². The van der Waals surface area contributed by atoms with Crippen LogP contribution in [-0.2, 0) is 5.54 Å². The minimum absolute atomic E-state index is 0.0114. The van der Waals surface area contributed by atoms with Gasteiger partial charge in [0.25, 0.3) is 11.8 Å². The second-order valence-corrected chi connectivity index (χ2v) is 6.47. The summed E-state index contributed by atoms with van der Waals surface area (Å²) in [4.78, 5) is 22.7. The summed E-state index contributed by atoms with van der Waals surface area (Å²) in [6.45, 7) is -1.67. The molecule has 2 heterocycles. The number of carbonyl (C=O) groups is 1. The molecule has 7 nitrogen and oxygen atoms in total. The molecule has 1 amide bonds. The lowest BCUT2D eigenvalue weighted by molar-refractivity contribution is -0.0959. The second kappa shape index (κ2) is 7.30. The Kier molecular flexibility index (Phi) is 5.16. The van der Waals surface area contributed by atoms with Crippen LogP contribution in [0.5, 0.6) is 5.75 Å². The number of rotatable bonds is 5. The Morgan fingerprint density at radius 1 is 1.34 bits per heavy atom. The molecule has 1 aromatic heterocycles. The first kappa shape index (κ1) is 20.5. The van der Waals surface area contributed by atoms with Crippen LogP contribution in [0.1, 0.15) is 29.0 Å². The zero-order valence-electron chi connectivity index (χ0n) is 15.3. The van der Waals surface area contributed by atoms with Gasteiger partial charge in [0.15, 0.2) is 11.3 Å². The van der Waals surface area contributed by atoms with Crippen LogP contribution >= 0.6 is 0 Å². The SMILES string of the molecule is COc1cnc(C(N)=O)nc1-c1ccc(F)c([C@@]2(CF)N=C(N)CCC2(F)F)c1. The van der Waals surface area contributed by atoms with E-state index in [4.69, 9.17) is 16.2 Å². The van der Waals surface area contributed by atoms with Crippen LogP contribution in [0, 0.1) is 5.82 Å². The fourth-order valence-electron chi connectivity index (χ4n) is 3.17. The standard InChI is InChI=1S/C18H17F4N5O2/c1-29-12-7-25-16(15(24)28)26-14(12)9-2-3-11(20)10(6-9)17(8-19)18(21,22)5-4-13(23)27-17/h2-3,6-7H,4-5,8H2,1H3,(H2,23,27)(H2,24,28)/t17-/m1/s1. The summed E-state index contributed by atoms with van der Waals surface area (Å²) in [5.74, 6) is -6.20. The lowest BCUT2D eigenvalue weighted by Gasteiger charge is -2.39. The van der Waals surface area contributed by atoms with Gasteiger partial charge in [0.05, 0.1) is 19.1 Å².